The molecule has 0 aromatic carbocycles. The van der Waals surface area contributed by atoms with Crippen molar-refractivity contribution >= 4 is 6.21 Å². The lowest BCUT2D eigenvalue weighted by Gasteiger charge is -2.00. The van der Waals surface area contributed by atoms with Crippen molar-refractivity contribution in [3.05, 3.63) is 11.8 Å². The van der Waals surface area contributed by atoms with Crippen LogP contribution in [0.2, 0.25) is 0 Å². The van der Waals surface area contributed by atoms with Crippen LogP contribution < -0.4 is 5.32 Å². The van der Waals surface area contributed by atoms with Gasteiger partial charge in [-0.1, -0.05) is 0 Å². The van der Waals surface area contributed by atoms with Crippen molar-refractivity contribution < 1.29 is 0 Å². The van der Waals surface area contributed by atoms with E-state index in [1.54, 1.807) is 0 Å². The first kappa shape index (κ1) is 4.37. The maximum absolute atomic E-state index is 3.95. The van der Waals surface area contributed by atoms with Gasteiger partial charge in [0.05, 0.1) is 0 Å². The average molecular weight is 96.1 g/mol. The Morgan fingerprint density at radius 3 is 3.00 bits per heavy atom. The average Bonchev–Trinajstić information content (AvgIpc) is 1.69. The Kier molecular flexibility index (Phi) is 1.11. The number of hydrogen-bond acceptors (Lipinski definition) is 2. The van der Waals surface area contributed by atoms with Crippen molar-refractivity contribution in [2.24, 2.45) is 4.99 Å². The number of allylic oxidation sites excluding steroid dienone is 1. The summed E-state index contributed by atoms with van der Waals surface area (Å²) in [5.74, 6) is 0. The van der Waals surface area contributed by atoms with Crippen molar-refractivity contribution in [2.75, 3.05) is 6.67 Å². The number of rotatable bonds is 0. The summed E-state index contributed by atoms with van der Waals surface area (Å²) in [5, 5.41) is 2.97. The molecule has 0 aliphatic carbocycles. The van der Waals surface area contributed by atoms with E-state index in [2.05, 4.69) is 10.3 Å². The molecule has 0 aromatic heterocycles. The summed E-state index contributed by atoms with van der Waals surface area (Å²) in [6.07, 6.45) is 3.81. The highest BCUT2D eigenvalue weighted by Gasteiger charge is 1.84. The Morgan fingerprint density at radius 1 is 1.86 bits per heavy atom. The van der Waals surface area contributed by atoms with Gasteiger partial charge in [0.15, 0.2) is 0 Å². The first-order valence-corrected chi connectivity index (χ1v) is 2.29. The number of nitrogens with zero attached hydrogens (tertiary/aromatic N) is 1. The van der Waals surface area contributed by atoms with Crippen LogP contribution in [-0.2, 0) is 0 Å². The van der Waals surface area contributed by atoms with Crippen LogP contribution in [0.25, 0.3) is 0 Å². The second-order valence-corrected chi connectivity index (χ2v) is 1.56. The zero-order valence-corrected chi connectivity index (χ0v) is 4.31. The molecule has 2 heteroatoms. The van der Waals surface area contributed by atoms with Gasteiger partial charge in [-0.05, 0) is 12.5 Å². The molecule has 0 radical (unpaired) electrons. The lowest BCUT2D eigenvalue weighted by Crippen LogP contribution is -2.09. The van der Waals surface area contributed by atoms with E-state index in [0.717, 1.165) is 6.67 Å². The molecule has 1 aliphatic heterocycles. The largest absolute Gasteiger partial charge is 0.372 e. The summed E-state index contributed by atoms with van der Waals surface area (Å²) < 4.78 is 0. The molecule has 0 spiro atoms. The molecule has 1 aliphatic rings. The number of aliphatic imine (C=N–C) groups is 1. The predicted octanol–water partition coefficient (Wildman–Crippen LogP) is 0.522. The third kappa shape index (κ3) is 1.03. The van der Waals surface area contributed by atoms with E-state index in [9.17, 15) is 0 Å². The van der Waals surface area contributed by atoms with E-state index in [1.165, 1.54) is 5.57 Å². The minimum Gasteiger partial charge on any atom is -0.372 e. The zero-order valence-electron chi connectivity index (χ0n) is 4.31. The fourth-order valence-electron chi connectivity index (χ4n) is 0.486. The zero-order chi connectivity index (χ0) is 5.11. The SMILES string of the molecule is CC1=CNCN=C1. The summed E-state index contributed by atoms with van der Waals surface area (Å²) >= 11 is 0. The molecule has 0 fully saturated rings. The minimum atomic E-state index is 0.733. The molecule has 1 rings (SSSR count). The van der Waals surface area contributed by atoms with Gasteiger partial charge >= 0.3 is 0 Å². The highest BCUT2D eigenvalue weighted by atomic mass is 15.0. The Balaban J connectivity index is 2.58. The molecule has 1 heterocycles. The topological polar surface area (TPSA) is 24.4 Å². The molecule has 7 heavy (non-hydrogen) atoms. The van der Waals surface area contributed by atoms with Gasteiger partial charge in [0, 0.05) is 12.4 Å². The van der Waals surface area contributed by atoms with E-state index in [1.807, 2.05) is 19.3 Å². The van der Waals surface area contributed by atoms with Crippen LogP contribution in [0.3, 0.4) is 0 Å². The van der Waals surface area contributed by atoms with Crippen LogP contribution in [0.1, 0.15) is 6.92 Å². The molecule has 1 N–H and O–H groups in total. The minimum absolute atomic E-state index is 0.733. The summed E-state index contributed by atoms with van der Waals surface area (Å²) in [4.78, 5) is 3.95. The van der Waals surface area contributed by atoms with E-state index in [0.29, 0.717) is 0 Å². The van der Waals surface area contributed by atoms with Crippen LogP contribution >= 0.6 is 0 Å². The quantitative estimate of drug-likeness (QED) is 0.467. The van der Waals surface area contributed by atoms with Gasteiger partial charge in [-0.25, -0.2) is 0 Å². The van der Waals surface area contributed by atoms with Crippen LogP contribution in [0.4, 0.5) is 0 Å². The smallest absolute Gasteiger partial charge is 0.107 e. The molecule has 0 saturated carbocycles. The van der Waals surface area contributed by atoms with Crippen LogP contribution in [0.5, 0.6) is 0 Å². The Labute approximate surface area is 42.9 Å². The monoisotopic (exact) mass is 96.1 g/mol. The first-order chi connectivity index (χ1) is 3.39. The van der Waals surface area contributed by atoms with Crippen molar-refractivity contribution in [3.63, 3.8) is 0 Å². The molecule has 0 saturated heterocycles. The maximum Gasteiger partial charge on any atom is 0.107 e. The predicted molar refractivity (Wildman–Crippen MR) is 30.3 cm³/mol. The van der Waals surface area contributed by atoms with E-state index in [4.69, 9.17) is 0 Å². The fourth-order valence-corrected chi connectivity index (χ4v) is 0.486. The van der Waals surface area contributed by atoms with Gasteiger partial charge in [-0.2, -0.15) is 0 Å². The lowest BCUT2D eigenvalue weighted by atomic mass is 10.3. The van der Waals surface area contributed by atoms with Gasteiger partial charge < -0.3 is 5.32 Å². The van der Waals surface area contributed by atoms with Gasteiger partial charge in [0.25, 0.3) is 0 Å². The highest BCUT2D eigenvalue weighted by Crippen LogP contribution is 1.87. The summed E-state index contributed by atoms with van der Waals surface area (Å²) in [6, 6.07) is 0. The fraction of sp³-hybridized carbons (Fsp3) is 0.400. The molecule has 0 atom stereocenters. The van der Waals surface area contributed by atoms with E-state index >= 15 is 0 Å². The van der Waals surface area contributed by atoms with Crippen LogP contribution in [0, 0.1) is 0 Å². The molecule has 0 amide bonds. The van der Waals surface area contributed by atoms with Gasteiger partial charge in [0.2, 0.25) is 0 Å². The van der Waals surface area contributed by atoms with Crippen LogP contribution in [0.15, 0.2) is 16.8 Å². The molecule has 0 aromatic rings. The van der Waals surface area contributed by atoms with Crippen molar-refractivity contribution in [1.29, 1.82) is 0 Å². The van der Waals surface area contributed by atoms with Gasteiger partial charge in [-0.3, -0.25) is 4.99 Å². The third-order valence-corrected chi connectivity index (χ3v) is 0.807. The van der Waals surface area contributed by atoms with E-state index in [-0.39, 0.29) is 0 Å². The Bertz CT molecular complexity index is 113. The highest BCUT2D eigenvalue weighted by molar-refractivity contribution is 5.78. The normalized spacial score (nSPS) is 18.1. The molecule has 2 nitrogen and oxygen atoms in total. The van der Waals surface area contributed by atoms with Crippen molar-refractivity contribution in [1.82, 2.24) is 5.32 Å². The summed E-state index contributed by atoms with van der Waals surface area (Å²) in [7, 11) is 0. The molecular formula is C5H8N2. The summed E-state index contributed by atoms with van der Waals surface area (Å²) in [5.41, 5.74) is 1.19. The third-order valence-electron chi connectivity index (χ3n) is 0.807. The van der Waals surface area contributed by atoms with Gasteiger partial charge in [-0.15, -0.1) is 0 Å². The number of nitrogens with one attached hydrogen (secondary N) is 1. The maximum atomic E-state index is 3.95. The summed E-state index contributed by atoms with van der Waals surface area (Å²) in [6.45, 7) is 2.74. The van der Waals surface area contributed by atoms with Crippen LogP contribution in [-0.4, -0.2) is 12.9 Å². The van der Waals surface area contributed by atoms with E-state index < -0.39 is 0 Å². The first-order valence-electron chi connectivity index (χ1n) is 2.29. The molecule has 38 valence electrons. The van der Waals surface area contributed by atoms with Crippen molar-refractivity contribution in [2.45, 2.75) is 6.92 Å². The van der Waals surface area contributed by atoms with Gasteiger partial charge in [0.1, 0.15) is 6.67 Å². The number of hydrogen-bond donors (Lipinski definition) is 1. The molecule has 0 bridgehead atoms. The molecular weight excluding hydrogens is 88.1 g/mol. The second-order valence-electron chi connectivity index (χ2n) is 1.56. The standard InChI is InChI=1S/C5H8N2/c1-5-2-6-4-7-3-5/h2-3,6H,4H2,1H3. The van der Waals surface area contributed by atoms with Crippen molar-refractivity contribution in [3.8, 4) is 0 Å². The molecule has 0 unspecified atom stereocenters. The Hall–Kier alpha value is -0.790. The Morgan fingerprint density at radius 2 is 2.71 bits per heavy atom. The second kappa shape index (κ2) is 1.78. The lowest BCUT2D eigenvalue weighted by molar-refractivity contribution is 0.869.